The summed E-state index contributed by atoms with van der Waals surface area (Å²) in [6.45, 7) is 26.6. The molecule has 0 bridgehead atoms. The van der Waals surface area contributed by atoms with E-state index in [9.17, 15) is 40.0 Å². The molecule has 6 heterocycles. The first kappa shape index (κ1) is 73.6. The van der Waals surface area contributed by atoms with Crippen LogP contribution in [0.3, 0.4) is 0 Å². The number of carbonyl (C=O) groups is 3. The van der Waals surface area contributed by atoms with E-state index < -0.39 is 54.8 Å². The van der Waals surface area contributed by atoms with E-state index in [1.54, 1.807) is 24.3 Å². The summed E-state index contributed by atoms with van der Waals surface area (Å²) in [6.07, 6.45) is 3.61. The quantitative estimate of drug-likeness (QED) is 0.0509. The first-order chi connectivity index (χ1) is 46.0. The van der Waals surface area contributed by atoms with E-state index in [4.69, 9.17) is 20.8 Å². The highest BCUT2D eigenvalue weighted by molar-refractivity contribution is 7.91. The van der Waals surface area contributed by atoms with E-state index in [0.29, 0.717) is 104 Å². The number of ether oxygens (including phenoxy) is 3. The van der Waals surface area contributed by atoms with Crippen LogP contribution >= 0.6 is 22.7 Å². The van der Waals surface area contributed by atoms with Gasteiger partial charge in [-0.3, -0.25) is 39.4 Å². The molecule has 0 atom stereocenters. The number of piperidine rings is 3. The SMILES string of the molecule is CC(C)Oc1cccc(CN2CCC(=O)CC2)c1.CC(C)Oc1cccc(CN2CCC3(CC2)C(=O)NC(=O)N3c2cc(F)ccc2-c2ccc(S(=O)(=O)N(C)C)s2)c1.[C-]#[N+]C1(Nc2cc(F)ccc2-c2ccc(S(=O)(=O)N(C)C)s2)CCN(Cc2cccc(OC(C)C)c2)CC1. The van der Waals surface area contributed by atoms with Gasteiger partial charge in [0, 0.05) is 121 Å². The molecule has 518 valence electrons. The van der Waals surface area contributed by atoms with Crippen molar-refractivity contribution < 1.29 is 54.2 Å². The summed E-state index contributed by atoms with van der Waals surface area (Å²) in [4.78, 5) is 51.2. The number of ketones is 1. The van der Waals surface area contributed by atoms with Crippen LogP contribution in [0.5, 0.6) is 17.2 Å². The number of imide groups is 1. The lowest BCUT2D eigenvalue weighted by Gasteiger charge is -2.42. The molecule has 4 saturated heterocycles. The number of Topliss-reactive ketones (excluding diaryl/α,β-unsaturated/α-hetero) is 1. The summed E-state index contributed by atoms with van der Waals surface area (Å²) in [5, 5.41) is 5.79. The number of halogens is 2. The fourth-order valence-corrected chi connectivity index (χ4v) is 17.1. The Morgan fingerprint density at radius 2 is 0.969 bits per heavy atom. The molecular formula is C72H87F2N9O10S4. The molecule has 2 aromatic heterocycles. The zero-order valence-electron chi connectivity index (χ0n) is 56.6. The largest absolute Gasteiger partial charge is 0.491 e. The highest BCUT2D eigenvalue weighted by Gasteiger charge is 2.55. The van der Waals surface area contributed by atoms with Crippen LogP contribution in [0, 0.1) is 18.2 Å². The van der Waals surface area contributed by atoms with Crippen LogP contribution in [0.1, 0.15) is 96.8 Å². The molecular weight excluding hydrogens is 1320 g/mol. The molecule has 0 aliphatic carbocycles. The van der Waals surface area contributed by atoms with Crippen molar-refractivity contribution >= 4 is 71.8 Å². The predicted octanol–water partition coefficient (Wildman–Crippen LogP) is 13.2. The number of hydrogen-bond acceptors (Lipinski definition) is 16. The molecule has 0 saturated carbocycles. The molecule has 3 amide bonds. The third kappa shape index (κ3) is 18.6. The minimum Gasteiger partial charge on any atom is -0.491 e. The molecule has 1 spiro atoms. The van der Waals surface area contributed by atoms with Gasteiger partial charge in [-0.1, -0.05) is 36.4 Å². The van der Waals surface area contributed by atoms with Crippen molar-refractivity contribution in [2.45, 2.75) is 138 Å². The van der Waals surface area contributed by atoms with Crippen molar-refractivity contribution in [3.8, 4) is 38.1 Å². The third-order valence-electron chi connectivity index (χ3n) is 17.0. The Kier molecular flexibility index (Phi) is 24.2. The molecule has 0 radical (unpaired) electrons. The number of likely N-dealkylation sites (tertiary alicyclic amines) is 3. The molecule has 19 nitrogen and oxygen atoms in total. The van der Waals surface area contributed by atoms with Crippen molar-refractivity contribution in [2.24, 2.45) is 0 Å². The molecule has 7 aromatic rings. The van der Waals surface area contributed by atoms with E-state index in [-0.39, 0.29) is 32.4 Å². The van der Waals surface area contributed by atoms with Crippen LogP contribution in [0.4, 0.5) is 25.0 Å². The fourth-order valence-electron chi connectivity index (χ4n) is 12.0. The van der Waals surface area contributed by atoms with Gasteiger partial charge in [-0.05, 0) is 168 Å². The average Bonchev–Trinajstić information content (AvgIpc) is 1.61. The molecule has 4 fully saturated rings. The smallest absolute Gasteiger partial charge is 0.329 e. The number of rotatable bonds is 21. The van der Waals surface area contributed by atoms with Gasteiger partial charge in [0.25, 0.3) is 26.0 Å². The number of sulfonamides is 2. The Labute approximate surface area is 577 Å². The number of hydrogen-bond donors (Lipinski definition) is 2. The minimum atomic E-state index is -3.67. The zero-order chi connectivity index (χ0) is 70.0. The zero-order valence-corrected chi connectivity index (χ0v) is 59.9. The fraction of sp³-hybridized carbons (Fsp3) is 0.417. The number of nitrogens with zero attached hydrogens (tertiary/aromatic N) is 7. The second-order valence-electron chi connectivity index (χ2n) is 25.9. The van der Waals surface area contributed by atoms with Gasteiger partial charge >= 0.3 is 11.7 Å². The lowest BCUT2D eigenvalue weighted by Crippen LogP contribution is -2.56. The van der Waals surface area contributed by atoms with Crippen LogP contribution < -0.4 is 29.7 Å². The van der Waals surface area contributed by atoms with E-state index in [0.717, 1.165) is 81.5 Å². The second-order valence-corrected chi connectivity index (χ2v) is 32.8. The normalized spacial score (nSPS) is 16.9. The molecule has 5 aromatic carbocycles. The highest BCUT2D eigenvalue weighted by Crippen LogP contribution is 2.45. The van der Waals surface area contributed by atoms with E-state index in [2.05, 4.69) is 54.4 Å². The lowest BCUT2D eigenvalue weighted by molar-refractivity contribution is -0.125. The summed E-state index contributed by atoms with van der Waals surface area (Å²) in [5.41, 5.74) is 3.29. The number of nitrogens with one attached hydrogen (secondary N) is 2. The van der Waals surface area contributed by atoms with Crippen LogP contribution in [0.15, 0.2) is 142 Å². The topological polar surface area (TPSA) is 195 Å². The number of carbonyl (C=O) groups excluding carboxylic acids is 3. The molecule has 97 heavy (non-hydrogen) atoms. The lowest BCUT2D eigenvalue weighted by atomic mass is 9.85. The molecule has 4 aliphatic rings. The maximum atomic E-state index is 14.7. The van der Waals surface area contributed by atoms with E-state index >= 15 is 0 Å². The standard InChI is InChI=1S/C29H33FN4O5S2.C28H33FN4O3S2.C15H21NO2/c1-19(2)39-22-7-5-6-20(16-22)18-33-14-12-29(13-15-33)27(35)31-28(36)34(29)24-17-21(30)8-9-23(24)25-10-11-26(40-25)41(37,38)32(3)4;1-20(2)36-23-8-6-7-21(17-23)19-33-15-13-28(30-3,14-16-33)31-25-18-22(29)9-10-24(25)26-11-12-27(37-26)38(34,35)32(4)5;1-12(2)18-15-5-3-4-13(10-15)11-16-8-6-14(17)7-9-16/h5-11,16-17,19H,12-15,18H2,1-4H3,(H,31,35,36);6-12,17-18,20,31H,13-16,19H2,1-2,4-5H3;3-5,10,12H,6-9,11H2,1-2H3. The van der Waals surface area contributed by atoms with Gasteiger partial charge in [0.15, 0.2) is 0 Å². The second kappa shape index (κ2) is 31.9. The average molecular weight is 1400 g/mol. The number of thiophene rings is 2. The van der Waals surface area contributed by atoms with Crippen LogP contribution in [-0.2, 0) is 49.3 Å². The Hall–Kier alpha value is -7.64. The molecule has 25 heteroatoms. The molecule has 11 rings (SSSR count). The highest BCUT2D eigenvalue weighted by atomic mass is 32.3. The maximum Gasteiger partial charge on any atom is 0.329 e. The summed E-state index contributed by atoms with van der Waals surface area (Å²) < 4.78 is 99.4. The minimum absolute atomic E-state index is 0.0651. The molecule has 0 unspecified atom stereocenters. The van der Waals surface area contributed by atoms with E-state index in [1.165, 1.54) is 79.4 Å². The first-order valence-electron chi connectivity index (χ1n) is 32.5. The third-order valence-corrected chi connectivity index (χ3v) is 23.8. The van der Waals surface area contributed by atoms with Gasteiger partial charge < -0.3 is 19.5 Å². The predicted molar refractivity (Wildman–Crippen MR) is 378 cm³/mol. The van der Waals surface area contributed by atoms with Crippen molar-refractivity contribution in [3.05, 3.63) is 173 Å². The van der Waals surface area contributed by atoms with Gasteiger partial charge in [0.2, 0.25) is 0 Å². The van der Waals surface area contributed by atoms with Gasteiger partial charge in [-0.15, -0.1) is 22.7 Å². The number of benzene rings is 5. The Morgan fingerprint density at radius 3 is 1.40 bits per heavy atom. The Morgan fingerprint density at radius 1 is 0.557 bits per heavy atom. The van der Waals surface area contributed by atoms with E-state index in [1.807, 2.05) is 90.1 Å². The first-order valence-corrected chi connectivity index (χ1v) is 37.0. The summed E-state index contributed by atoms with van der Waals surface area (Å²) >= 11 is 2.16. The number of anilines is 2. The van der Waals surface area contributed by atoms with Crippen molar-refractivity contribution in [2.75, 3.05) is 77.7 Å². The summed E-state index contributed by atoms with van der Waals surface area (Å²) in [5.74, 6) is 1.57. The molecule has 2 N–H and O–H groups in total. The van der Waals surface area contributed by atoms with Gasteiger partial charge in [0.1, 0.15) is 48.6 Å². The summed E-state index contributed by atoms with van der Waals surface area (Å²) in [6, 6.07) is 38.4. The van der Waals surface area contributed by atoms with Crippen molar-refractivity contribution in [1.82, 2.24) is 28.6 Å². The van der Waals surface area contributed by atoms with Gasteiger partial charge in [-0.25, -0.2) is 45.6 Å². The maximum absolute atomic E-state index is 14.7. The Balaban J connectivity index is 0.000000183. The van der Waals surface area contributed by atoms with Crippen LogP contribution in [0.25, 0.3) is 25.7 Å². The van der Waals surface area contributed by atoms with Crippen LogP contribution in [-0.4, -0.2) is 155 Å². The monoisotopic (exact) mass is 1400 g/mol. The number of amides is 3. The van der Waals surface area contributed by atoms with Gasteiger partial charge in [0.05, 0.1) is 42.5 Å². The summed E-state index contributed by atoms with van der Waals surface area (Å²) in [7, 11) is -1.38. The van der Waals surface area contributed by atoms with Crippen molar-refractivity contribution in [3.63, 3.8) is 0 Å². The number of urea groups is 1. The van der Waals surface area contributed by atoms with Crippen LogP contribution in [0.2, 0.25) is 0 Å². The van der Waals surface area contributed by atoms with Crippen molar-refractivity contribution in [1.29, 1.82) is 0 Å². The Bertz CT molecular complexity index is 4180. The van der Waals surface area contributed by atoms with Gasteiger partial charge in [-0.2, -0.15) is 0 Å². The molecule has 4 aliphatic heterocycles.